The van der Waals surface area contributed by atoms with Crippen molar-refractivity contribution in [3.8, 4) is 0 Å². The molecule has 1 saturated carbocycles. The lowest BCUT2D eigenvalue weighted by Crippen LogP contribution is -2.47. The van der Waals surface area contributed by atoms with Crippen molar-refractivity contribution >= 4 is 0 Å². The molecule has 1 aliphatic carbocycles. The molecule has 0 aliphatic heterocycles. The highest BCUT2D eigenvalue weighted by Gasteiger charge is 2.32. The minimum Gasteiger partial charge on any atom is -0.377 e. The molecule has 1 fully saturated rings. The highest BCUT2D eigenvalue weighted by molar-refractivity contribution is 4.87. The monoisotopic (exact) mass is 241 g/mol. The SMILES string of the molecule is CCNC(C1CC(C)CC(C)C1)C(C)OCC. The summed E-state index contributed by atoms with van der Waals surface area (Å²) in [6.45, 7) is 13.2. The molecule has 0 amide bonds. The Morgan fingerprint density at radius 3 is 2.18 bits per heavy atom. The van der Waals surface area contributed by atoms with E-state index in [1.54, 1.807) is 0 Å². The van der Waals surface area contributed by atoms with E-state index in [4.69, 9.17) is 4.74 Å². The van der Waals surface area contributed by atoms with Crippen LogP contribution in [-0.4, -0.2) is 25.3 Å². The minimum atomic E-state index is 0.336. The summed E-state index contributed by atoms with van der Waals surface area (Å²) in [5, 5.41) is 3.65. The van der Waals surface area contributed by atoms with Crippen molar-refractivity contribution in [2.45, 2.75) is 66.0 Å². The largest absolute Gasteiger partial charge is 0.377 e. The maximum Gasteiger partial charge on any atom is 0.0702 e. The van der Waals surface area contributed by atoms with Gasteiger partial charge in [0.1, 0.15) is 0 Å². The van der Waals surface area contributed by atoms with Crippen molar-refractivity contribution in [3.63, 3.8) is 0 Å². The van der Waals surface area contributed by atoms with Gasteiger partial charge in [0.05, 0.1) is 6.10 Å². The summed E-state index contributed by atoms with van der Waals surface area (Å²) in [4.78, 5) is 0. The molecule has 4 atom stereocenters. The van der Waals surface area contributed by atoms with E-state index >= 15 is 0 Å². The average molecular weight is 241 g/mol. The Bertz CT molecular complexity index is 197. The second kappa shape index (κ2) is 7.38. The first kappa shape index (κ1) is 15.0. The molecule has 102 valence electrons. The molecular weight excluding hydrogens is 210 g/mol. The number of ether oxygens (including phenoxy) is 1. The third-order valence-electron chi connectivity index (χ3n) is 4.10. The smallest absolute Gasteiger partial charge is 0.0702 e. The first-order valence-corrected chi connectivity index (χ1v) is 7.43. The van der Waals surface area contributed by atoms with E-state index in [9.17, 15) is 0 Å². The maximum absolute atomic E-state index is 5.82. The van der Waals surface area contributed by atoms with Crippen molar-refractivity contribution in [1.82, 2.24) is 5.32 Å². The average Bonchev–Trinajstić information content (AvgIpc) is 2.24. The molecule has 1 rings (SSSR count). The van der Waals surface area contributed by atoms with Crippen molar-refractivity contribution in [2.75, 3.05) is 13.2 Å². The molecule has 2 heteroatoms. The molecule has 0 bridgehead atoms. The van der Waals surface area contributed by atoms with Gasteiger partial charge in [0.15, 0.2) is 0 Å². The third-order valence-corrected chi connectivity index (χ3v) is 4.10. The first-order valence-electron chi connectivity index (χ1n) is 7.43. The fourth-order valence-electron chi connectivity index (χ4n) is 3.62. The Kier molecular flexibility index (Phi) is 6.50. The normalized spacial score (nSPS) is 33.4. The zero-order chi connectivity index (χ0) is 12.8. The van der Waals surface area contributed by atoms with Gasteiger partial charge in [-0.05, 0) is 57.4 Å². The van der Waals surface area contributed by atoms with Gasteiger partial charge in [0.25, 0.3) is 0 Å². The van der Waals surface area contributed by atoms with Gasteiger partial charge in [-0.1, -0.05) is 20.8 Å². The fraction of sp³-hybridized carbons (Fsp3) is 1.00. The number of hydrogen-bond acceptors (Lipinski definition) is 2. The van der Waals surface area contributed by atoms with E-state index in [2.05, 4.69) is 39.9 Å². The number of hydrogen-bond donors (Lipinski definition) is 1. The van der Waals surface area contributed by atoms with Crippen molar-refractivity contribution < 1.29 is 4.74 Å². The molecular formula is C15H31NO. The summed E-state index contributed by atoms with van der Waals surface area (Å²) in [6.07, 6.45) is 4.46. The molecule has 2 nitrogen and oxygen atoms in total. The summed E-state index contributed by atoms with van der Waals surface area (Å²) >= 11 is 0. The van der Waals surface area contributed by atoms with Gasteiger partial charge >= 0.3 is 0 Å². The quantitative estimate of drug-likeness (QED) is 0.769. The van der Waals surface area contributed by atoms with Crippen LogP contribution in [0.15, 0.2) is 0 Å². The highest BCUT2D eigenvalue weighted by Crippen LogP contribution is 2.35. The number of likely N-dealkylation sites (N-methyl/N-ethyl adjacent to an activating group) is 1. The lowest BCUT2D eigenvalue weighted by atomic mass is 9.73. The number of rotatable bonds is 6. The Balaban J connectivity index is 2.61. The first-order chi connectivity index (χ1) is 8.08. The molecule has 0 radical (unpaired) electrons. The molecule has 0 saturated heterocycles. The second-order valence-corrected chi connectivity index (χ2v) is 5.92. The summed E-state index contributed by atoms with van der Waals surface area (Å²) in [6, 6.07) is 0.533. The van der Waals surface area contributed by atoms with Crippen molar-refractivity contribution in [3.05, 3.63) is 0 Å². The molecule has 0 spiro atoms. The minimum absolute atomic E-state index is 0.336. The molecule has 17 heavy (non-hydrogen) atoms. The van der Waals surface area contributed by atoms with E-state index in [0.717, 1.165) is 30.9 Å². The Hall–Kier alpha value is -0.0800. The van der Waals surface area contributed by atoms with E-state index in [-0.39, 0.29) is 0 Å². The van der Waals surface area contributed by atoms with Crippen LogP contribution >= 0.6 is 0 Å². The molecule has 0 aromatic heterocycles. The van der Waals surface area contributed by atoms with Crippen LogP contribution in [0.4, 0.5) is 0 Å². The zero-order valence-electron chi connectivity index (χ0n) is 12.3. The number of nitrogens with one attached hydrogen (secondary N) is 1. The molecule has 0 aromatic carbocycles. The van der Waals surface area contributed by atoms with Gasteiger partial charge in [0.2, 0.25) is 0 Å². The molecule has 4 unspecified atom stereocenters. The van der Waals surface area contributed by atoms with Gasteiger partial charge in [-0.2, -0.15) is 0 Å². The standard InChI is InChI=1S/C15H31NO/c1-6-16-15(13(5)17-7-2)14-9-11(3)8-12(4)10-14/h11-16H,6-10H2,1-5H3. The second-order valence-electron chi connectivity index (χ2n) is 5.92. The topological polar surface area (TPSA) is 21.3 Å². The lowest BCUT2D eigenvalue weighted by molar-refractivity contribution is 0.0154. The van der Waals surface area contributed by atoms with Gasteiger partial charge in [-0.15, -0.1) is 0 Å². The van der Waals surface area contributed by atoms with Crippen LogP contribution in [0.25, 0.3) is 0 Å². The van der Waals surface area contributed by atoms with Crippen LogP contribution in [0, 0.1) is 17.8 Å². The summed E-state index contributed by atoms with van der Waals surface area (Å²) in [7, 11) is 0. The molecule has 0 aromatic rings. The van der Waals surface area contributed by atoms with Gasteiger partial charge in [0, 0.05) is 12.6 Å². The summed E-state index contributed by atoms with van der Waals surface area (Å²) in [5.74, 6) is 2.53. The van der Waals surface area contributed by atoms with Gasteiger partial charge in [-0.25, -0.2) is 0 Å². The van der Waals surface area contributed by atoms with Crippen LogP contribution in [0.2, 0.25) is 0 Å². The van der Waals surface area contributed by atoms with E-state index in [1.165, 1.54) is 19.3 Å². The van der Waals surface area contributed by atoms with Crippen LogP contribution < -0.4 is 5.32 Å². The van der Waals surface area contributed by atoms with Crippen molar-refractivity contribution in [2.24, 2.45) is 17.8 Å². The molecule has 1 aliphatic rings. The molecule has 0 heterocycles. The zero-order valence-corrected chi connectivity index (χ0v) is 12.3. The Morgan fingerprint density at radius 1 is 1.12 bits per heavy atom. The van der Waals surface area contributed by atoms with Crippen LogP contribution in [0.3, 0.4) is 0 Å². The van der Waals surface area contributed by atoms with Crippen LogP contribution in [0.1, 0.15) is 53.9 Å². The fourth-order valence-corrected chi connectivity index (χ4v) is 3.62. The highest BCUT2D eigenvalue weighted by atomic mass is 16.5. The Labute approximate surface area is 108 Å². The lowest BCUT2D eigenvalue weighted by Gasteiger charge is -2.39. The summed E-state index contributed by atoms with van der Waals surface area (Å²) in [5.41, 5.74) is 0. The predicted octanol–water partition coefficient (Wildman–Crippen LogP) is 3.46. The van der Waals surface area contributed by atoms with E-state index in [0.29, 0.717) is 12.1 Å². The molecule has 1 N–H and O–H groups in total. The van der Waals surface area contributed by atoms with E-state index in [1.807, 2.05) is 0 Å². The van der Waals surface area contributed by atoms with Crippen LogP contribution in [0.5, 0.6) is 0 Å². The van der Waals surface area contributed by atoms with Crippen molar-refractivity contribution in [1.29, 1.82) is 0 Å². The van der Waals surface area contributed by atoms with Gasteiger partial charge < -0.3 is 10.1 Å². The third kappa shape index (κ3) is 4.59. The predicted molar refractivity (Wildman–Crippen MR) is 74.2 cm³/mol. The van der Waals surface area contributed by atoms with Gasteiger partial charge in [-0.3, -0.25) is 0 Å². The maximum atomic E-state index is 5.82. The van der Waals surface area contributed by atoms with E-state index < -0.39 is 0 Å². The Morgan fingerprint density at radius 2 is 1.71 bits per heavy atom. The summed E-state index contributed by atoms with van der Waals surface area (Å²) < 4.78 is 5.82. The van der Waals surface area contributed by atoms with Crippen LogP contribution in [-0.2, 0) is 4.74 Å².